The molecule has 0 spiro atoms. The van der Waals surface area contributed by atoms with E-state index in [0.717, 1.165) is 12.0 Å². The van der Waals surface area contributed by atoms with Crippen molar-refractivity contribution in [2.45, 2.75) is 27.2 Å². The van der Waals surface area contributed by atoms with Crippen molar-refractivity contribution in [2.24, 2.45) is 0 Å². The lowest BCUT2D eigenvalue weighted by Gasteiger charge is -1.96. The smallest absolute Gasteiger partial charge is 0.141 e. The second kappa shape index (κ2) is 6.01. The second-order valence-electron chi connectivity index (χ2n) is 2.10. The zero-order valence-electron chi connectivity index (χ0n) is 7.70. The highest BCUT2D eigenvalue weighted by Crippen LogP contribution is 2.15. The second-order valence-corrected chi connectivity index (χ2v) is 2.51. The van der Waals surface area contributed by atoms with Crippen molar-refractivity contribution in [1.82, 2.24) is 0 Å². The Hall–Kier alpha value is -0.560. The average molecular weight is 189 g/mol. The van der Waals surface area contributed by atoms with Crippen LogP contribution in [0.4, 0.5) is 4.39 Å². The molecule has 1 aromatic rings. The fourth-order valence-electron chi connectivity index (χ4n) is 0.760. The van der Waals surface area contributed by atoms with Gasteiger partial charge in [-0.1, -0.05) is 38.4 Å². The van der Waals surface area contributed by atoms with Crippen LogP contribution in [-0.2, 0) is 6.42 Å². The Balaban J connectivity index is 0.000000561. The highest BCUT2D eigenvalue weighted by Gasteiger charge is 1.97. The van der Waals surface area contributed by atoms with E-state index >= 15 is 0 Å². The zero-order chi connectivity index (χ0) is 9.56. The molecule has 0 heterocycles. The lowest BCUT2D eigenvalue weighted by atomic mass is 10.2. The van der Waals surface area contributed by atoms with Crippen molar-refractivity contribution in [3.8, 4) is 0 Å². The standard InChI is InChI=1S/C8H8ClF.C2H6/c1-2-6-3-4-8(10)7(9)5-6;1-2/h3-5H,2H2,1H3;1-2H3. The first-order valence-electron chi connectivity index (χ1n) is 4.18. The van der Waals surface area contributed by atoms with Crippen LogP contribution in [0.2, 0.25) is 5.02 Å². The van der Waals surface area contributed by atoms with Crippen LogP contribution in [0.5, 0.6) is 0 Å². The Kier molecular flexibility index (Phi) is 5.73. The van der Waals surface area contributed by atoms with Gasteiger partial charge in [-0.2, -0.15) is 0 Å². The molecular weight excluding hydrogens is 175 g/mol. The molecule has 0 saturated carbocycles. The molecule has 0 aliphatic heterocycles. The summed E-state index contributed by atoms with van der Waals surface area (Å²) >= 11 is 5.52. The van der Waals surface area contributed by atoms with Gasteiger partial charge in [-0.3, -0.25) is 0 Å². The van der Waals surface area contributed by atoms with Gasteiger partial charge in [-0.15, -0.1) is 0 Å². The molecule has 0 aliphatic rings. The summed E-state index contributed by atoms with van der Waals surface area (Å²) in [5.41, 5.74) is 1.06. The van der Waals surface area contributed by atoms with E-state index in [-0.39, 0.29) is 10.8 Å². The Morgan fingerprint density at radius 3 is 2.33 bits per heavy atom. The normalized spacial score (nSPS) is 8.75. The van der Waals surface area contributed by atoms with E-state index in [1.165, 1.54) is 6.07 Å². The molecule has 68 valence electrons. The number of rotatable bonds is 1. The van der Waals surface area contributed by atoms with Gasteiger partial charge in [-0.05, 0) is 24.1 Å². The van der Waals surface area contributed by atoms with Crippen LogP contribution in [0.15, 0.2) is 18.2 Å². The molecule has 0 unspecified atom stereocenters. The van der Waals surface area contributed by atoms with Crippen molar-refractivity contribution >= 4 is 11.6 Å². The van der Waals surface area contributed by atoms with Gasteiger partial charge >= 0.3 is 0 Å². The molecule has 0 saturated heterocycles. The first-order valence-corrected chi connectivity index (χ1v) is 4.55. The van der Waals surface area contributed by atoms with Gasteiger partial charge in [0.15, 0.2) is 0 Å². The lowest BCUT2D eigenvalue weighted by Crippen LogP contribution is -1.81. The maximum atomic E-state index is 12.5. The van der Waals surface area contributed by atoms with Gasteiger partial charge in [0, 0.05) is 0 Å². The number of benzene rings is 1. The zero-order valence-corrected chi connectivity index (χ0v) is 8.45. The van der Waals surface area contributed by atoms with Crippen LogP contribution in [-0.4, -0.2) is 0 Å². The minimum atomic E-state index is -0.348. The average Bonchev–Trinajstić information content (AvgIpc) is 2.13. The molecule has 0 nitrogen and oxygen atoms in total. The van der Waals surface area contributed by atoms with Crippen molar-refractivity contribution < 1.29 is 4.39 Å². The molecule has 0 radical (unpaired) electrons. The predicted octanol–water partition coefficient (Wildman–Crippen LogP) is 4.07. The van der Waals surface area contributed by atoms with E-state index in [4.69, 9.17) is 11.6 Å². The molecule has 0 fully saturated rings. The maximum Gasteiger partial charge on any atom is 0.141 e. The van der Waals surface area contributed by atoms with Gasteiger partial charge in [0.2, 0.25) is 0 Å². The molecule has 2 heteroatoms. The van der Waals surface area contributed by atoms with E-state index in [9.17, 15) is 4.39 Å². The monoisotopic (exact) mass is 188 g/mol. The quantitative estimate of drug-likeness (QED) is 0.624. The van der Waals surface area contributed by atoms with Crippen LogP contribution in [0, 0.1) is 5.82 Å². The molecule has 12 heavy (non-hydrogen) atoms. The van der Waals surface area contributed by atoms with E-state index < -0.39 is 0 Å². The van der Waals surface area contributed by atoms with E-state index in [2.05, 4.69) is 0 Å². The summed E-state index contributed by atoms with van der Waals surface area (Å²) in [5, 5.41) is 0.208. The minimum Gasteiger partial charge on any atom is -0.205 e. The van der Waals surface area contributed by atoms with Gasteiger partial charge in [0.25, 0.3) is 0 Å². The number of hydrogen-bond acceptors (Lipinski definition) is 0. The highest BCUT2D eigenvalue weighted by molar-refractivity contribution is 6.30. The fraction of sp³-hybridized carbons (Fsp3) is 0.400. The summed E-state index contributed by atoms with van der Waals surface area (Å²) in [7, 11) is 0. The Bertz CT molecular complexity index is 233. The first kappa shape index (κ1) is 11.4. The maximum absolute atomic E-state index is 12.5. The van der Waals surface area contributed by atoms with Crippen molar-refractivity contribution in [3.63, 3.8) is 0 Å². The molecule has 0 atom stereocenters. The molecule has 1 rings (SSSR count). The molecule has 0 N–H and O–H groups in total. The highest BCUT2D eigenvalue weighted by atomic mass is 35.5. The third kappa shape index (κ3) is 3.22. The largest absolute Gasteiger partial charge is 0.205 e. The van der Waals surface area contributed by atoms with Crippen molar-refractivity contribution in [3.05, 3.63) is 34.6 Å². The minimum absolute atomic E-state index is 0.208. The topological polar surface area (TPSA) is 0 Å². The number of aryl methyl sites for hydroxylation is 1. The van der Waals surface area contributed by atoms with Gasteiger partial charge in [-0.25, -0.2) is 4.39 Å². The Morgan fingerprint density at radius 2 is 1.92 bits per heavy atom. The van der Waals surface area contributed by atoms with Crippen molar-refractivity contribution in [2.75, 3.05) is 0 Å². The van der Waals surface area contributed by atoms with Crippen LogP contribution < -0.4 is 0 Å². The third-order valence-corrected chi connectivity index (χ3v) is 1.68. The summed E-state index contributed by atoms with van der Waals surface area (Å²) in [6.07, 6.45) is 0.889. The molecule has 0 aliphatic carbocycles. The fourth-order valence-corrected chi connectivity index (χ4v) is 0.963. The molecule has 1 aromatic carbocycles. The van der Waals surface area contributed by atoms with E-state index in [1.54, 1.807) is 12.1 Å². The van der Waals surface area contributed by atoms with E-state index in [1.807, 2.05) is 20.8 Å². The first-order chi connectivity index (χ1) is 5.74. The van der Waals surface area contributed by atoms with E-state index in [0.29, 0.717) is 0 Å². The Labute approximate surface area is 78.4 Å². The summed E-state index contributed by atoms with van der Waals surface area (Å²) in [4.78, 5) is 0. The number of halogens is 2. The van der Waals surface area contributed by atoms with Gasteiger partial charge < -0.3 is 0 Å². The van der Waals surface area contributed by atoms with Gasteiger partial charge in [0.05, 0.1) is 5.02 Å². The number of hydrogen-bond donors (Lipinski definition) is 0. The summed E-state index contributed by atoms with van der Waals surface area (Å²) in [5.74, 6) is -0.348. The van der Waals surface area contributed by atoms with Crippen LogP contribution >= 0.6 is 11.6 Å². The van der Waals surface area contributed by atoms with Crippen LogP contribution in [0.1, 0.15) is 26.3 Å². The van der Waals surface area contributed by atoms with Crippen LogP contribution in [0.25, 0.3) is 0 Å². The molecule has 0 amide bonds. The summed E-state index contributed by atoms with van der Waals surface area (Å²) < 4.78 is 12.5. The summed E-state index contributed by atoms with van der Waals surface area (Å²) in [6, 6.07) is 4.78. The SMILES string of the molecule is CC.CCc1ccc(F)c(Cl)c1. The Morgan fingerprint density at radius 1 is 1.33 bits per heavy atom. The summed E-state index contributed by atoms with van der Waals surface area (Å²) in [6.45, 7) is 6.00. The molecule has 0 aromatic heterocycles. The predicted molar refractivity (Wildman–Crippen MR) is 52.1 cm³/mol. The lowest BCUT2D eigenvalue weighted by molar-refractivity contribution is 0.627. The van der Waals surface area contributed by atoms with Crippen molar-refractivity contribution in [1.29, 1.82) is 0 Å². The third-order valence-electron chi connectivity index (χ3n) is 1.39. The molecular formula is C10H14ClF. The van der Waals surface area contributed by atoms with Gasteiger partial charge in [0.1, 0.15) is 5.82 Å². The van der Waals surface area contributed by atoms with Crippen LogP contribution in [0.3, 0.4) is 0 Å². The molecule has 0 bridgehead atoms.